The smallest absolute Gasteiger partial charge is 0.373 e. The van der Waals surface area contributed by atoms with Gasteiger partial charge in [-0.25, -0.2) is 19.9 Å². The van der Waals surface area contributed by atoms with E-state index in [0.717, 1.165) is 23.3 Å². The Morgan fingerprint density at radius 3 is 2.43 bits per heavy atom. The van der Waals surface area contributed by atoms with Gasteiger partial charge in [0, 0.05) is 49.3 Å². The Balaban J connectivity index is 1.37. The monoisotopic (exact) mass is 629 g/mol. The fraction of sp³-hybridized carbons (Fsp3) is 0.242. The molecule has 2 heterocycles. The summed E-state index contributed by atoms with van der Waals surface area (Å²) in [5, 5.41) is 9.10. The molecule has 13 heteroatoms. The number of halogens is 3. The zero-order valence-electron chi connectivity index (χ0n) is 25.9. The summed E-state index contributed by atoms with van der Waals surface area (Å²) >= 11 is 0. The van der Waals surface area contributed by atoms with E-state index in [1.54, 1.807) is 36.3 Å². The lowest BCUT2D eigenvalue weighted by Crippen LogP contribution is -2.28. The molecule has 0 radical (unpaired) electrons. The first-order chi connectivity index (χ1) is 22.0. The molecule has 0 atom stereocenters. The molecule has 5 rings (SSSR count). The second-order valence-corrected chi connectivity index (χ2v) is 11.1. The van der Waals surface area contributed by atoms with E-state index in [2.05, 4.69) is 35.9 Å². The van der Waals surface area contributed by atoms with Gasteiger partial charge in [-0.2, -0.15) is 13.2 Å². The zero-order chi connectivity index (χ0) is 32.8. The highest BCUT2D eigenvalue weighted by Gasteiger charge is 2.32. The first-order valence-electron chi connectivity index (χ1n) is 14.5. The topological polar surface area (TPSA) is 111 Å². The van der Waals surface area contributed by atoms with Crippen LogP contribution in [0.3, 0.4) is 0 Å². The van der Waals surface area contributed by atoms with E-state index >= 15 is 0 Å². The van der Waals surface area contributed by atoms with Gasteiger partial charge < -0.3 is 25.8 Å². The van der Waals surface area contributed by atoms with E-state index in [1.807, 2.05) is 56.3 Å². The average Bonchev–Trinajstić information content (AvgIpc) is 3.03. The van der Waals surface area contributed by atoms with Crippen molar-refractivity contribution in [2.45, 2.75) is 19.6 Å². The molecule has 0 fully saturated rings. The van der Waals surface area contributed by atoms with Crippen LogP contribution in [0.15, 0.2) is 79.3 Å². The third-order valence-corrected chi connectivity index (χ3v) is 7.25. The number of benzene rings is 3. The van der Waals surface area contributed by atoms with Crippen molar-refractivity contribution < 1.29 is 18.0 Å². The maximum atomic E-state index is 13.8. The van der Waals surface area contributed by atoms with Gasteiger partial charge >= 0.3 is 6.18 Å². The van der Waals surface area contributed by atoms with Crippen molar-refractivity contribution >= 4 is 45.8 Å². The first kappa shape index (κ1) is 32.1. The van der Waals surface area contributed by atoms with Crippen LogP contribution in [0.1, 0.15) is 27.0 Å². The minimum atomic E-state index is -4.58. The molecule has 0 spiro atoms. The van der Waals surface area contributed by atoms with Gasteiger partial charge in [-0.1, -0.05) is 36.4 Å². The molecule has 46 heavy (non-hydrogen) atoms. The van der Waals surface area contributed by atoms with Crippen molar-refractivity contribution in [2.75, 3.05) is 55.1 Å². The number of nitrogens with zero attached hydrogens (tertiary/aromatic N) is 6. The van der Waals surface area contributed by atoms with E-state index in [-0.39, 0.29) is 11.3 Å². The normalized spacial score (nSPS) is 11.5. The Hall–Kier alpha value is -5.30. The molecule has 1 amide bonds. The summed E-state index contributed by atoms with van der Waals surface area (Å²) in [6, 6.07) is 18.4. The number of carbonyl (C=O) groups excluding carboxylic acids is 1. The van der Waals surface area contributed by atoms with Gasteiger partial charge in [0.15, 0.2) is 5.82 Å². The zero-order valence-corrected chi connectivity index (χ0v) is 25.9. The summed E-state index contributed by atoms with van der Waals surface area (Å²) in [5.74, 6) is 0.234. The van der Waals surface area contributed by atoms with E-state index < -0.39 is 17.6 Å². The lowest BCUT2D eigenvalue weighted by atomic mass is 10.1. The van der Waals surface area contributed by atoms with Crippen molar-refractivity contribution in [1.82, 2.24) is 24.8 Å². The number of aryl methyl sites for hydroxylation is 1. The number of alkyl halides is 3. The summed E-state index contributed by atoms with van der Waals surface area (Å²) in [6.07, 6.45) is -1.60. The van der Waals surface area contributed by atoms with Crippen LogP contribution in [0, 0.1) is 6.92 Å². The lowest BCUT2D eigenvalue weighted by Gasteiger charge is -2.23. The number of rotatable bonds is 11. The number of anilines is 5. The predicted molar refractivity (Wildman–Crippen MR) is 175 cm³/mol. The molecular formula is C33H34F3N9O. The van der Waals surface area contributed by atoms with Crippen LogP contribution in [0.5, 0.6) is 0 Å². The molecule has 0 aliphatic rings. The van der Waals surface area contributed by atoms with E-state index in [0.29, 0.717) is 53.8 Å². The van der Waals surface area contributed by atoms with Gasteiger partial charge in [0.05, 0.1) is 11.8 Å². The molecule has 238 valence electrons. The van der Waals surface area contributed by atoms with Crippen LogP contribution in [0.2, 0.25) is 0 Å². The Bertz CT molecular complexity index is 1830. The maximum Gasteiger partial charge on any atom is 0.416 e. The Morgan fingerprint density at radius 2 is 1.70 bits per heavy atom. The van der Waals surface area contributed by atoms with Crippen molar-refractivity contribution in [1.29, 1.82) is 0 Å². The maximum absolute atomic E-state index is 13.8. The molecule has 0 unspecified atom stereocenters. The number of likely N-dealkylation sites (N-methyl/N-ethyl adjacent to an activating group) is 2. The van der Waals surface area contributed by atoms with Gasteiger partial charge in [0.2, 0.25) is 5.95 Å². The Labute approximate surface area is 264 Å². The third kappa shape index (κ3) is 8.04. The number of hydrogen-bond acceptors (Lipinski definition) is 9. The number of amides is 1. The second-order valence-electron chi connectivity index (χ2n) is 11.1. The SMILES string of the molecule is Cc1ccc(C(=O)Nc2cc(N(C)CCN(C)C)cc(C(F)(F)F)c2)cc1Nc1ncnc2cnc(NCc3ccccc3)nc12. The van der Waals surface area contributed by atoms with Crippen LogP contribution >= 0.6 is 0 Å². The number of nitrogens with one attached hydrogen (secondary N) is 3. The van der Waals surface area contributed by atoms with Gasteiger partial charge in [-0.05, 0) is 62.5 Å². The van der Waals surface area contributed by atoms with Gasteiger partial charge in [-0.3, -0.25) is 4.79 Å². The number of aromatic nitrogens is 4. The van der Waals surface area contributed by atoms with Crippen LogP contribution in [-0.2, 0) is 12.7 Å². The average molecular weight is 630 g/mol. The Kier molecular flexibility index (Phi) is 9.61. The van der Waals surface area contributed by atoms with E-state index in [9.17, 15) is 18.0 Å². The molecule has 2 aromatic heterocycles. The van der Waals surface area contributed by atoms with Crippen molar-refractivity contribution in [3.63, 3.8) is 0 Å². The molecule has 0 bridgehead atoms. The summed E-state index contributed by atoms with van der Waals surface area (Å²) in [4.78, 5) is 34.6. The number of carbonyl (C=O) groups is 1. The molecule has 3 N–H and O–H groups in total. The largest absolute Gasteiger partial charge is 0.416 e. The highest BCUT2D eigenvalue weighted by Crippen LogP contribution is 2.35. The minimum absolute atomic E-state index is 0.0376. The second kappa shape index (κ2) is 13.8. The van der Waals surface area contributed by atoms with Crippen molar-refractivity contribution in [2.24, 2.45) is 0 Å². The molecular weight excluding hydrogens is 595 g/mol. The van der Waals surface area contributed by atoms with Gasteiger partial charge in [0.25, 0.3) is 5.91 Å². The standard InChI is InChI=1S/C33H34F3N9O/c1-21-10-11-23(31(46)41-25-15-24(33(34,35)36)16-26(17-25)45(4)13-12-44(2)3)14-27(21)42-30-29-28(39-20-40-30)19-38-32(43-29)37-18-22-8-6-5-7-9-22/h5-11,14-17,19-20H,12-13,18H2,1-4H3,(H,41,46)(H,37,38,43)(H,39,40,42). The fourth-order valence-corrected chi connectivity index (χ4v) is 4.58. The van der Waals surface area contributed by atoms with Crippen molar-refractivity contribution in [3.05, 3.63) is 102 Å². The summed E-state index contributed by atoms with van der Waals surface area (Å²) in [5.41, 5.74) is 3.20. The molecule has 10 nitrogen and oxygen atoms in total. The van der Waals surface area contributed by atoms with Crippen LogP contribution in [-0.4, -0.2) is 65.0 Å². The molecule has 0 aliphatic carbocycles. The summed E-state index contributed by atoms with van der Waals surface area (Å²) in [7, 11) is 5.49. The molecule has 0 aliphatic heterocycles. The summed E-state index contributed by atoms with van der Waals surface area (Å²) in [6.45, 7) is 3.53. The van der Waals surface area contributed by atoms with Crippen LogP contribution in [0.25, 0.3) is 11.0 Å². The molecule has 5 aromatic rings. The molecule has 0 saturated carbocycles. The van der Waals surface area contributed by atoms with E-state index in [4.69, 9.17) is 0 Å². The highest BCUT2D eigenvalue weighted by atomic mass is 19.4. The third-order valence-electron chi connectivity index (χ3n) is 7.25. The fourth-order valence-electron chi connectivity index (χ4n) is 4.58. The van der Waals surface area contributed by atoms with Crippen molar-refractivity contribution in [3.8, 4) is 0 Å². The number of hydrogen-bond donors (Lipinski definition) is 3. The molecule has 0 saturated heterocycles. The van der Waals surface area contributed by atoms with Gasteiger partial charge in [0.1, 0.15) is 17.4 Å². The first-order valence-corrected chi connectivity index (χ1v) is 14.5. The lowest BCUT2D eigenvalue weighted by molar-refractivity contribution is -0.137. The minimum Gasteiger partial charge on any atom is -0.373 e. The number of fused-ring (bicyclic) bond motifs is 1. The predicted octanol–water partition coefficient (Wildman–Crippen LogP) is 6.35. The summed E-state index contributed by atoms with van der Waals surface area (Å²) < 4.78 is 41.3. The molecule has 3 aromatic carbocycles. The Morgan fingerprint density at radius 1 is 0.913 bits per heavy atom. The van der Waals surface area contributed by atoms with Crippen LogP contribution in [0.4, 0.5) is 42.0 Å². The highest BCUT2D eigenvalue weighted by molar-refractivity contribution is 6.05. The van der Waals surface area contributed by atoms with Crippen LogP contribution < -0.4 is 20.9 Å². The van der Waals surface area contributed by atoms with E-state index in [1.165, 1.54) is 12.4 Å². The quantitative estimate of drug-likeness (QED) is 0.154. The van der Waals surface area contributed by atoms with Gasteiger partial charge in [-0.15, -0.1) is 0 Å².